The fraction of sp³-hybridized carbons (Fsp3) is 0.231. The first-order valence-electron chi connectivity index (χ1n) is 6.43. The van der Waals surface area contributed by atoms with E-state index in [0.29, 0.717) is 6.54 Å². The Balaban J connectivity index is 2.06. The maximum absolute atomic E-state index is 8.76. The molecule has 108 valence electrons. The van der Waals surface area contributed by atoms with Crippen LogP contribution in [0.25, 0.3) is 11.0 Å². The van der Waals surface area contributed by atoms with Crippen LogP contribution in [-0.4, -0.2) is 35.6 Å². The summed E-state index contributed by atoms with van der Waals surface area (Å²) in [5.41, 5.74) is 8.27. The standard InChI is InChI=1S/C13H15N7O/c1-19-7-9(16-18-19)8-20-11-5-3-2-4-10(11)15-13(20)6-12(14)17-21/h2-5,7,21H,6,8H2,1H3,(H2,14,17). The van der Waals surface area contributed by atoms with Gasteiger partial charge >= 0.3 is 0 Å². The minimum absolute atomic E-state index is 0.116. The summed E-state index contributed by atoms with van der Waals surface area (Å²) in [5.74, 6) is 0.836. The van der Waals surface area contributed by atoms with E-state index in [1.165, 1.54) is 0 Å². The Labute approximate surface area is 120 Å². The summed E-state index contributed by atoms with van der Waals surface area (Å²) in [4.78, 5) is 4.54. The van der Waals surface area contributed by atoms with Crippen molar-refractivity contribution in [2.75, 3.05) is 0 Å². The quantitative estimate of drug-likeness (QED) is 0.314. The van der Waals surface area contributed by atoms with Crippen LogP contribution in [0.1, 0.15) is 11.5 Å². The molecule has 8 heteroatoms. The fourth-order valence-electron chi connectivity index (χ4n) is 2.26. The smallest absolute Gasteiger partial charge is 0.146 e. The fourth-order valence-corrected chi connectivity index (χ4v) is 2.26. The van der Waals surface area contributed by atoms with Crippen molar-refractivity contribution in [1.29, 1.82) is 0 Å². The van der Waals surface area contributed by atoms with Crippen molar-refractivity contribution < 1.29 is 5.21 Å². The molecule has 0 spiro atoms. The molecular formula is C13H15N7O. The molecule has 0 amide bonds. The van der Waals surface area contributed by atoms with Gasteiger partial charge in [-0.25, -0.2) is 4.98 Å². The lowest BCUT2D eigenvalue weighted by atomic mass is 10.3. The van der Waals surface area contributed by atoms with Gasteiger partial charge in [0, 0.05) is 13.2 Å². The molecule has 0 atom stereocenters. The van der Waals surface area contributed by atoms with Gasteiger partial charge in [0.15, 0.2) is 0 Å². The number of fused-ring (bicyclic) bond motifs is 1. The van der Waals surface area contributed by atoms with Crippen molar-refractivity contribution in [1.82, 2.24) is 24.5 Å². The highest BCUT2D eigenvalue weighted by molar-refractivity contribution is 5.83. The molecule has 0 unspecified atom stereocenters. The highest BCUT2D eigenvalue weighted by Gasteiger charge is 2.13. The monoisotopic (exact) mass is 285 g/mol. The summed E-state index contributed by atoms with van der Waals surface area (Å²) in [7, 11) is 1.82. The van der Waals surface area contributed by atoms with Gasteiger partial charge in [0.1, 0.15) is 17.4 Å². The Morgan fingerprint density at radius 2 is 2.19 bits per heavy atom. The summed E-state index contributed by atoms with van der Waals surface area (Å²) in [6.45, 7) is 0.530. The third-order valence-electron chi connectivity index (χ3n) is 3.17. The van der Waals surface area contributed by atoms with Gasteiger partial charge in [-0.3, -0.25) is 4.68 Å². The number of para-hydroxylation sites is 2. The molecule has 0 bridgehead atoms. The van der Waals surface area contributed by atoms with Gasteiger partial charge in [-0.1, -0.05) is 22.5 Å². The largest absolute Gasteiger partial charge is 0.409 e. The average Bonchev–Trinajstić information content (AvgIpc) is 3.04. The van der Waals surface area contributed by atoms with Crippen LogP contribution in [0, 0.1) is 0 Å². The first-order chi connectivity index (χ1) is 10.2. The Morgan fingerprint density at radius 3 is 2.90 bits per heavy atom. The number of nitrogens with two attached hydrogens (primary N) is 1. The van der Waals surface area contributed by atoms with Crippen LogP contribution in [0.3, 0.4) is 0 Å². The predicted octanol–water partition coefficient (Wildman–Crippen LogP) is 0.502. The van der Waals surface area contributed by atoms with E-state index in [2.05, 4.69) is 20.5 Å². The number of nitrogens with zero attached hydrogens (tertiary/aromatic N) is 6. The van der Waals surface area contributed by atoms with E-state index >= 15 is 0 Å². The van der Waals surface area contributed by atoms with E-state index in [9.17, 15) is 0 Å². The van der Waals surface area contributed by atoms with E-state index in [4.69, 9.17) is 10.9 Å². The van der Waals surface area contributed by atoms with Gasteiger partial charge in [-0.2, -0.15) is 0 Å². The number of aromatic nitrogens is 5. The zero-order chi connectivity index (χ0) is 14.8. The van der Waals surface area contributed by atoms with E-state index in [0.717, 1.165) is 22.6 Å². The second-order valence-corrected chi connectivity index (χ2v) is 4.75. The van der Waals surface area contributed by atoms with Crippen LogP contribution < -0.4 is 5.73 Å². The van der Waals surface area contributed by atoms with Crippen LogP contribution in [0.15, 0.2) is 35.6 Å². The molecular weight excluding hydrogens is 270 g/mol. The van der Waals surface area contributed by atoms with Crippen molar-refractivity contribution in [2.45, 2.75) is 13.0 Å². The number of amidine groups is 1. The molecule has 1 aromatic carbocycles. The Bertz CT molecular complexity index is 802. The third-order valence-corrected chi connectivity index (χ3v) is 3.17. The molecule has 0 aliphatic heterocycles. The van der Waals surface area contributed by atoms with Crippen molar-refractivity contribution in [3.8, 4) is 0 Å². The van der Waals surface area contributed by atoms with Gasteiger partial charge in [-0.05, 0) is 12.1 Å². The zero-order valence-electron chi connectivity index (χ0n) is 11.5. The Kier molecular flexibility index (Phi) is 3.27. The minimum atomic E-state index is 0.116. The molecule has 3 aromatic rings. The summed E-state index contributed by atoms with van der Waals surface area (Å²) in [5, 5.41) is 19.8. The number of oxime groups is 1. The highest BCUT2D eigenvalue weighted by Crippen LogP contribution is 2.17. The van der Waals surface area contributed by atoms with Crippen molar-refractivity contribution >= 4 is 16.9 Å². The van der Waals surface area contributed by atoms with Crippen LogP contribution in [0.5, 0.6) is 0 Å². The Hall–Kier alpha value is -2.90. The number of hydrogen-bond acceptors (Lipinski definition) is 5. The molecule has 21 heavy (non-hydrogen) atoms. The molecule has 0 aliphatic carbocycles. The van der Waals surface area contributed by atoms with E-state index in [1.807, 2.05) is 42.1 Å². The molecule has 0 radical (unpaired) electrons. The number of imidazole rings is 1. The molecule has 0 saturated heterocycles. The van der Waals surface area contributed by atoms with E-state index < -0.39 is 0 Å². The third kappa shape index (κ3) is 2.55. The molecule has 2 heterocycles. The maximum atomic E-state index is 8.76. The second-order valence-electron chi connectivity index (χ2n) is 4.75. The van der Waals surface area contributed by atoms with Gasteiger partial charge < -0.3 is 15.5 Å². The van der Waals surface area contributed by atoms with Crippen LogP contribution in [0.2, 0.25) is 0 Å². The van der Waals surface area contributed by atoms with Crippen molar-refractivity contribution in [3.05, 3.63) is 42.0 Å². The van der Waals surface area contributed by atoms with Gasteiger partial charge in [-0.15, -0.1) is 5.10 Å². The number of aryl methyl sites for hydroxylation is 1. The topological polar surface area (TPSA) is 107 Å². The summed E-state index contributed by atoms with van der Waals surface area (Å²) >= 11 is 0. The molecule has 0 saturated carbocycles. The summed E-state index contributed by atoms with van der Waals surface area (Å²) in [6.07, 6.45) is 2.12. The van der Waals surface area contributed by atoms with Gasteiger partial charge in [0.25, 0.3) is 0 Å². The van der Waals surface area contributed by atoms with Crippen LogP contribution >= 0.6 is 0 Å². The van der Waals surface area contributed by atoms with Crippen molar-refractivity contribution in [3.63, 3.8) is 0 Å². The zero-order valence-corrected chi connectivity index (χ0v) is 11.5. The van der Waals surface area contributed by atoms with E-state index in [1.54, 1.807) is 4.68 Å². The summed E-state index contributed by atoms with van der Waals surface area (Å²) < 4.78 is 3.65. The SMILES string of the molecule is Cn1cc(Cn2c(C/C(N)=N/O)nc3ccccc32)nn1. The molecule has 0 aliphatic rings. The Morgan fingerprint density at radius 1 is 1.38 bits per heavy atom. The van der Waals surface area contributed by atoms with Crippen molar-refractivity contribution in [2.24, 2.45) is 17.9 Å². The normalized spacial score (nSPS) is 12.1. The van der Waals surface area contributed by atoms with Crippen LogP contribution in [-0.2, 0) is 20.0 Å². The molecule has 0 fully saturated rings. The predicted molar refractivity (Wildman–Crippen MR) is 77.0 cm³/mol. The summed E-state index contributed by atoms with van der Waals surface area (Å²) in [6, 6.07) is 7.78. The second kappa shape index (κ2) is 5.23. The maximum Gasteiger partial charge on any atom is 0.146 e. The number of hydrogen-bond donors (Lipinski definition) is 2. The lowest BCUT2D eigenvalue weighted by molar-refractivity contribution is 0.317. The molecule has 8 nitrogen and oxygen atoms in total. The van der Waals surface area contributed by atoms with Gasteiger partial charge in [0.2, 0.25) is 0 Å². The van der Waals surface area contributed by atoms with Gasteiger partial charge in [0.05, 0.1) is 24.0 Å². The molecule has 2 aromatic heterocycles. The highest BCUT2D eigenvalue weighted by atomic mass is 16.4. The van der Waals surface area contributed by atoms with Crippen LogP contribution in [0.4, 0.5) is 0 Å². The lowest BCUT2D eigenvalue weighted by Crippen LogP contribution is -2.18. The number of rotatable bonds is 4. The first-order valence-corrected chi connectivity index (χ1v) is 6.43. The lowest BCUT2D eigenvalue weighted by Gasteiger charge is -2.06. The first kappa shape index (κ1) is 13.1. The molecule has 3 rings (SSSR count). The molecule has 3 N–H and O–H groups in total. The van der Waals surface area contributed by atoms with E-state index in [-0.39, 0.29) is 12.3 Å². The minimum Gasteiger partial charge on any atom is -0.409 e. The average molecular weight is 285 g/mol. The number of benzene rings is 1.